The second-order valence-corrected chi connectivity index (χ2v) is 9.05. The van der Waals surface area contributed by atoms with Gasteiger partial charge in [-0.2, -0.15) is 9.78 Å². The summed E-state index contributed by atoms with van der Waals surface area (Å²) in [5.41, 5.74) is 4.22. The molecule has 0 bridgehead atoms. The third-order valence-corrected chi connectivity index (χ3v) is 6.08. The molecule has 35 heavy (non-hydrogen) atoms. The van der Waals surface area contributed by atoms with Crippen LogP contribution in [0.3, 0.4) is 0 Å². The third-order valence-electron chi connectivity index (χ3n) is 5.58. The van der Waals surface area contributed by atoms with E-state index in [-0.39, 0.29) is 5.56 Å². The van der Waals surface area contributed by atoms with E-state index in [1.165, 1.54) is 10.2 Å². The normalized spacial score (nSPS) is 11.3. The van der Waals surface area contributed by atoms with E-state index in [2.05, 4.69) is 40.1 Å². The number of rotatable bonds is 6. The molecule has 0 spiro atoms. The molecule has 0 aliphatic rings. The van der Waals surface area contributed by atoms with Gasteiger partial charge in [0.25, 0.3) is 5.56 Å². The molecule has 0 radical (unpaired) electrons. The van der Waals surface area contributed by atoms with E-state index < -0.39 is 0 Å². The van der Waals surface area contributed by atoms with Gasteiger partial charge in [0.2, 0.25) is 0 Å². The molecular weight excluding hydrogens is 502 g/mol. The maximum atomic E-state index is 13.4. The lowest BCUT2D eigenvalue weighted by atomic mass is 10.1. The molecule has 5 nitrogen and oxygen atoms in total. The molecule has 4 aromatic carbocycles. The summed E-state index contributed by atoms with van der Waals surface area (Å²) in [4.78, 5) is 18.2. The number of fused-ring (bicyclic) bond motifs is 1. The highest BCUT2D eigenvalue weighted by Crippen LogP contribution is 2.24. The van der Waals surface area contributed by atoms with Crippen LogP contribution >= 0.6 is 15.9 Å². The Morgan fingerprint density at radius 3 is 2.49 bits per heavy atom. The quantitative estimate of drug-likeness (QED) is 0.235. The largest absolute Gasteiger partial charge is 0.488 e. The number of benzene rings is 4. The van der Waals surface area contributed by atoms with Gasteiger partial charge < -0.3 is 4.74 Å². The van der Waals surface area contributed by atoms with Crippen LogP contribution in [0.2, 0.25) is 0 Å². The van der Waals surface area contributed by atoms with E-state index >= 15 is 0 Å². The predicted octanol–water partition coefficient (Wildman–Crippen LogP) is 6.60. The fraction of sp³-hybridized carbons (Fsp3) is 0.0690. The average Bonchev–Trinajstić information content (AvgIpc) is 2.89. The van der Waals surface area contributed by atoms with Gasteiger partial charge in [0.15, 0.2) is 5.82 Å². The van der Waals surface area contributed by atoms with Crippen molar-refractivity contribution in [3.05, 3.63) is 129 Å². The Labute approximate surface area is 211 Å². The minimum absolute atomic E-state index is 0.233. The molecule has 0 aliphatic carbocycles. The predicted molar refractivity (Wildman–Crippen MR) is 144 cm³/mol. The first-order valence-electron chi connectivity index (χ1n) is 11.2. The first kappa shape index (κ1) is 22.7. The number of hydrogen-bond acceptors (Lipinski definition) is 4. The summed E-state index contributed by atoms with van der Waals surface area (Å²) < 4.78 is 8.34. The topological polar surface area (TPSA) is 56.5 Å². The highest BCUT2D eigenvalue weighted by molar-refractivity contribution is 9.10. The van der Waals surface area contributed by atoms with Gasteiger partial charge in [-0.1, -0.05) is 88.2 Å². The van der Waals surface area contributed by atoms with Crippen molar-refractivity contribution in [2.45, 2.75) is 13.5 Å². The van der Waals surface area contributed by atoms with Crippen LogP contribution in [0, 0.1) is 6.92 Å². The van der Waals surface area contributed by atoms with Crippen molar-refractivity contribution in [2.24, 2.45) is 5.10 Å². The molecule has 5 aromatic rings. The summed E-state index contributed by atoms with van der Waals surface area (Å²) >= 11 is 3.53. The molecular formula is C29H22BrN3O2. The van der Waals surface area contributed by atoms with E-state index in [4.69, 9.17) is 9.72 Å². The van der Waals surface area contributed by atoms with Crippen molar-refractivity contribution in [2.75, 3.05) is 0 Å². The summed E-state index contributed by atoms with van der Waals surface area (Å²) in [5.74, 6) is 1.14. The number of aromatic nitrogens is 2. The molecule has 0 fully saturated rings. The number of halogens is 1. The minimum atomic E-state index is -0.233. The first-order chi connectivity index (χ1) is 17.1. The van der Waals surface area contributed by atoms with Crippen LogP contribution in [-0.4, -0.2) is 15.9 Å². The first-order valence-corrected chi connectivity index (χ1v) is 12.0. The average molecular weight is 524 g/mol. The highest BCUT2D eigenvalue weighted by atomic mass is 79.9. The van der Waals surface area contributed by atoms with Gasteiger partial charge in [-0.25, -0.2) is 4.98 Å². The second kappa shape index (κ2) is 10.1. The molecule has 5 rings (SSSR count). The number of nitrogens with zero attached hydrogens (tertiary/aromatic N) is 3. The summed E-state index contributed by atoms with van der Waals surface area (Å²) in [5, 5.41) is 5.10. The Bertz CT molecular complexity index is 1580. The van der Waals surface area contributed by atoms with Crippen LogP contribution in [-0.2, 0) is 6.61 Å². The van der Waals surface area contributed by atoms with Crippen molar-refractivity contribution in [3.63, 3.8) is 0 Å². The summed E-state index contributed by atoms with van der Waals surface area (Å²) in [6, 6.07) is 30.8. The van der Waals surface area contributed by atoms with Crippen molar-refractivity contribution in [1.29, 1.82) is 0 Å². The van der Waals surface area contributed by atoms with E-state index in [0.717, 1.165) is 21.2 Å². The van der Waals surface area contributed by atoms with Crippen LogP contribution in [0.1, 0.15) is 16.7 Å². The van der Waals surface area contributed by atoms with Crippen molar-refractivity contribution in [1.82, 2.24) is 9.66 Å². The fourth-order valence-corrected chi connectivity index (χ4v) is 4.10. The molecule has 0 aliphatic heterocycles. The Morgan fingerprint density at radius 1 is 0.943 bits per heavy atom. The van der Waals surface area contributed by atoms with Gasteiger partial charge in [-0.3, -0.25) is 4.79 Å². The van der Waals surface area contributed by atoms with E-state index in [9.17, 15) is 4.79 Å². The Kier molecular flexibility index (Phi) is 6.55. The molecule has 0 amide bonds. The molecule has 0 atom stereocenters. The standard InChI is InChI=1S/C29H22BrN3O2/c1-20-11-13-21(14-12-20)19-35-27-16-15-24(30)17-23(27)18-31-33-28(22-7-3-2-4-8-22)32-26-10-6-5-9-25(26)29(33)34/h2-18H,19H2,1H3. The summed E-state index contributed by atoms with van der Waals surface area (Å²) in [6.07, 6.45) is 1.64. The van der Waals surface area contributed by atoms with Crippen LogP contribution < -0.4 is 10.3 Å². The van der Waals surface area contributed by atoms with E-state index in [1.54, 1.807) is 12.3 Å². The van der Waals surface area contributed by atoms with Crippen molar-refractivity contribution < 1.29 is 4.74 Å². The van der Waals surface area contributed by atoms with Crippen LogP contribution in [0.25, 0.3) is 22.3 Å². The molecule has 1 aromatic heterocycles. The van der Waals surface area contributed by atoms with Gasteiger partial charge in [-0.15, -0.1) is 0 Å². The number of ether oxygens (including phenoxy) is 1. The summed E-state index contributed by atoms with van der Waals surface area (Å²) in [7, 11) is 0. The van der Waals surface area contributed by atoms with Crippen molar-refractivity contribution in [3.8, 4) is 17.1 Å². The summed E-state index contributed by atoms with van der Waals surface area (Å²) in [6.45, 7) is 2.48. The van der Waals surface area contributed by atoms with Gasteiger partial charge in [-0.05, 0) is 42.8 Å². The maximum Gasteiger partial charge on any atom is 0.282 e. The SMILES string of the molecule is Cc1ccc(COc2ccc(Br)cc2C=Nn2c(-c3ccccc3)nc3ccccc3c2=O)cc1. The molecule has 0 N–H and O–H groups in total. The van der Waals surface area contributed by atoms with Crippen molar-refractivity contribution >= 4 is 33.0 Å². The Morgan fingerprint density at radius 2 is 1.69 bits per heavy atom. The van der Waals surface area contributed by atoms with Crippen LogP contribution in [0.4, 0.5) is 0 Å². The molecule has 172 valence electrons. The zero-order valence-electron chi connectivity index (χ0n) is 19.1. The molecule has 0 saturated heterocycles. The molecule has 0 unspecified atom stereocenters. The lowest BCUT2D eigenvalue weighted by Crippen LogP contribution is -2.20. The molecule has 0 saturated carbocycles. The van der Waals surface area contributed by atoms with Crippen LogP contribution in [0.5, 0.6) is 5.75 Å². The third kappa shape index (κ3) is 5.08. The minimum Gasteiger partial charge on any atom is -0.488 e. The monoisotopic (exact) mass is 523 g/mol. The van der Waals surface area contributed by atoms with Gasteiger partial charge in [0.1, 0.15) is 12.4 Å². The number of hydrogen-bond donors (Lipinski definition) is 0. The highest BCUT2D eigenvalue weighted by Gasteiger charge is 2.12. The number of para-hydroxylation sites is 1. The van der Waals surface area contributed by atoms with Gasteiger partial charge in [0, 0.05) is 15.6 Å². The van der Waals surface area contributed by atoms with E-state index in [1.807, 2.05) is 78.9 Å². The smallest absolute Gasteiger partial charge is 0.282 e. The zero-order chi connectivity index (χ0) is 24.2. The lowest BCUT2D eigenvalue weighted by Gasteiger charge is -2.11. The number of aryl methyl sites for hydroxylation is 1. The molecule has 1 heterocycles. The fourth-order valence-electron chi connectivity index (χ4n) is 3.72. The Balaban J connectivity index is 1.55. The maximum absolute atomic E-state index is 13.4. The second-order valence-electron chi connectivity index (χ2n) is 8.14. The zero-order valence-corrected chi connectivity index (χ0v) is 20.6. The van der Waals surface area contributed by atoms with Gasteiger partial charge in [0.05, 0.1) is 17.1 Å². The molecule has 6 heteroatoms. The Hall–Kier alpha value is -4.03. The van der Waals surface area contributed by atoms with Gasteiger partial charge >= 0.3 is 0 Å². The van der Waals surface area contributed by atoms with E-state index in [0.29, 0.717) is 29.1 Å². The lowest BCUT2D eigenvalue weighted by molar-refractivity contribution is 0.305. The van der Waals surface area contributed by atoms with Crippen LogP contribution in [0.15, 0.2) is 111 Å².